The summed E-state index contributed by atoms with van der Waals surface area (Å²) in [4.78, 5) is 4.35. The minimum Gasteiger partial charge on any atom is -0.369 e. The van der Waals surface area contributed by atoms with Crippen LogP contribution in [0.15, 0.2) is 12.5 Å². The van der Waals surface area contributed by atoms with Crippen molar-refractivity contribution in [2.24, 2.45) is 11.8 Å². The molecule has 1 atom stereocenters. The maximum Gasteiger partial charge on any atom is 0.111 e. The Morgan fingerprint density at radius 3 is 2.80 bits per heavy atom. The third-order valence-electron chi connectivity index (χ3n) is 5.00. The van der Waals surface area contributed by atoms with Crippen LogP contribution in [0.3, 0.4) is 0 Å². The Morgan fingerprint density at radius 2 is 2.10 bits per heavy atom. The number of imidazole rings is 1. The minimum atomic E-state index is 0.179. The molecule has 0 bridgehead atoms. The van der Waals surface area contributed by atoms with Crippen LogP contribution < -0.4 is 5.32 Å². The third-order valence-corrected chi connectivity index (χ3v) is 5.00. The molecule has 1 aliphatic heterocycles. The van der Waals surface area contributed by atoms with Gasteiger partial charge in [-0.2, -0.15) is 0 Å². The molecule has 1 aromatic heterocycles. The van der Waals surface area contributed by atoms with Crippen molar-refractivity contribution in [3.63, 3.8) is 0 Å². The van der Waals surface area contributed by atoms with Crippen LogP contribution >= 0.6 is 0 Å². The van der Waals surface area contributed by atoms with E-state index in [9.17, 15) is 0 Å². The first-order valence-corrected chi connectivity index (χ1v) is 8.19. The molecule has 0 amide bonds. The maximum absolute atomic E-state index is 5.86. The number of aromatic nitrogens is 2. The van der Waals surface area contributed by atoms with Gasteiger partial charge in [0.25, 0.3) is 0 Å². The van der Waals surface area contributed by atoms with E-state index in [2.05, 4.69) is 21.8 Å². The summed E-state index contributed by atoms with van der Waals surface area (Å²) in [6, 6.07) is 0. The summed E-state index contributed by atoms with van der Waals surface area (Å²) < 4.78 is 8.19. The van der Waals surface area contributed by atoms with Gasteiger partial charge in [0.2, 0.25) is 0 Å². The molecular weight excluding hydrogens is 250 g/mol. The van der Waals surface area contributed by atoms with Gasteiger partial charge in [-0.15, -0.1) is 0 Å². The van der Waals surface area contributed by atoms with Crippen molar-refractivity contribution >= 4 is 0 Å². The van der Waals surface area contributed by atoms with E-state index in [4.69, 9.17) is 4.74 Å². The lowest BCUT2D eigenvalue weighted by atomic mass is 9.81. The fourth-order valence-electron chi connectivity index (χ4n) is 3.61. The standard InChI is InChI=1S/C16H27N3O/c1-2-13-3-5-14(6-4-13)11-19-12-18-9-15(19)16-10-17-7-8-20-16/h9,12-14,16-17H,2-8,10-11H2,1H3. The molecule has 3 rings (SSSR count). The van der Waals surface area contributed by atoms with E-state index in [1.54, 1.807) is 0 Å². The highest BCUT2D eigenvalue weighted by molar-refractivity contribution is 5.05. The van der Waals surface area contributed by atoms with Gasteiger partial charge in [-0.1, -0.05) is 26.2 Å². The zero-order chi connectivity index (χ0) is 13.8. The van der Waals surface area contributed by atoms with Crippen LogP contribution in [0.5, 0.6) is 0 Å². The molecule has 0 spiro atoms. The van der Waals surface area contributed by atoms with Crippen LogP contribution in [0.25, 0.3) is 0 Å². The van der Waals surface area contributed by atoms with Crippen molar-refractivity contribution < 1.29 is 4.74 Å². The third kappa shape index (κ3) is 3.23. The highest BCUT2D eigenvalue weighted by Gasteiger charge is 2.23. The number of hydrogen-bond acceptors (Lipinski definition) is 3. The van der Waals surface area contributed by atoms with Crippen LogP contribution in [-0.4, -0.2) is 29.2 Å². The molecule has 0 aromatic carbocycles. The number of ether oxygens (including phenoxy) is 1. The zero-order valence-corrected chi connectivity index (χ0v) is 12.6. The molecule has 1 N–H and O–H groups in total. The summed E-state index contributed by atoms with van der Waals surface area (Å²) in [5.74, 6) is 1.79. The van der Waals surface area contributed by atoms with Gasteiger partial charge in [0.1, 0.15) is 6.10 Å². The first-order valence-electron chi connectivity index (χ1n) is 8.19. The van der Waals surface area contributed by atoms with E-state index in [0.717, 1.165) is 38.1 Å². The van der Waals surface area contributed by atoms with Gasteiger partial charge < -0.3 is 14.6 Å². The SMILES string of the molecule is CCC1CCC(Cn2cncc2C2CNCCO2)CC1. The summed E-state index contributed by atoms with van der Waals surface area (Å²) in [5, 5.41) is 3.40. The van der Waals surface area contributed by atoms with Gasteiger partial charge in [0.15, 0.2) is 0 Å². The highest BCUT2D eigenvalue weighted by Crippen LogP contribution is 2.32. The Hall–Kier alpha value is -0.870. The Balaban J connectivity index is 1.59. The Morgan fingerprint density at radius 1 is 1.30 bits per heavy atom. The largest absolute Gasteiger partial charge is 0.369 e. The van der Waals surface area contributed by atoms with E-state index >= 15 is 0 Å². The normalized spacial score (nSPS) is 31.4. The topological polar surface area (TPSA) is 39.1 Å². The summed E-state index contributed by atoms with van der Waals surface area (Å²) >= 11 is 0. The predicted molar refractivity (Wildman–Crippen MR) is 79.5 cm³/mol. The summed E-state index contributed by atoms with van der Waals surface area (Å²) in [5.41, 5.74) is 1.25. The van der Waals surface area contributed by atoms with Gasteiger partial charge in [-0.25, -0.2) is 4.98 Å². The van der Waals surface area contributed by atoms with Crippen molar-refractivity contribution in [1.82, 2.24) is 14.9 Å². The van der Waals surface area contributed by atoms with Gasteiger partial charge >= 0.3 is 0 Å². The molecular formula is C16H27N3O. The summed E-state index contributed by atoms with van der Waals surface area (Å²) in [7, 11) is 0. The molecule has 112 valence electrons. The number of nitrogens with one attached hydrogen (secondary N) is 1. The lowest BCUT2D eigenvalue weighted by Gasteiger charge is -2.30. The second kappa shape index (κ2) is 6.72. The second-order valence-corrected chi connectivity index (χ2v) is 6.33. The van der Waals surface area contributed by atoms with E-state index in [-0.39, 0.29) is 6.10 Å². The van der Waals surface area contributed by atoms with Crippen LogP contribution in [0.2, 0.25) is 0 Å². The Labute approximate surface area is 121 Å². The lowest BCUT2D eigenvalue weighted by molar-refractivity contribution is 0.0221. The maximum atomic E-state index is 5.86. The smallest absolute Gasteiger partial charge is 0.111 e. The molecule has 0 radical (unpaired) electrons. The van der Waals surface area contributed by atoms with Crippen LogP contribution in [0.1, 0.15) is 50.8 Å². The molecule has 1 unspecified atom stereocenters. The number of nitrogens with zero attached hydrogens (tertiary/aromatic N) is 2. The molecule has 2 fully saturated rings. The lowest BCUT2D eigenvalue weighted by Crippen LogP contribution is -2.34. The Kier molecular flexibility index (Phi) is 4.73. The fourth-order valence-corrected chi connectivity index (χ4v) is 3.61. The van der Waals surface area contributed by atoms with Crippen molar-refractivity contribution in [2.45, 2.75) is 51.7 Å². The molecule has 1 aromatic rings. The first kappa shape index (κ1) is 14.1. The van der Waals surface area contributed by atoms with Crippen LogP contribution in [-0.2, 0) is 11.3 Å². The average Bonchev–Trinajstić information content (AvgIpc) is 2.97. The van der Waals surface area contributed by atoms with Crippen molar-refractivity contribution in [1.29, 1.82) is 0 Å². The summed E-state index contributed by atoms with van der Waals surface area (Å²) in [6.45, 7) is 6.12. The van der Waals surface area contributed by atoms with Gasteiger partial charge in [-0.3, -0.25) is 0 Å². The monoisotopic (exact) mass is 277 g/mol. The van der Waals surface area contributed by atoms with Crippen LogP contribution in [0, 0.1) is 11.8 Å². The van der Waals surface area contributed by atoms with Gasteiger partial charge in [-0.05, 0) is 24.7 Å². The number of morpholine rings is 1. The van der Waals surface area contributed by atoms with E-state index in [0.29, 0.717) is 0 Å². The van der Waals surface area contributed by atoms with E-state index in [1.165, 1.54) is 37.8 Å². The second-order valence-electron chi connectivity index (χ2n) is 6.33. The predicted octanol–water partition coefficient (Wildman–Crippen LogP) is 2.76. The molecule has 1 aliphatic carbocycles. The average molecular weight is 277 g/mol. The molecule has 2 heterocycles. The highest BCUT2D eigenvalue weighted by atomic mass is 16.5. The quantitative estimate of drug-likeness (QED) is 0.920. The number of rotatable bonds is 4. The molecule has 4 heteroatoms. The van der Waals surface area contributed by atoms with E-state index in [1.807, 2.05) is 12.5 Å². The van der Waals surface area contributed by atoms with Gasteiger partial charge in [0.05, 0.1) is 24.8 Å². The first-order chi connectivity index (χ1) is 9.86. The summed E-state index contributed by atoms with van der Waals surface area (Å²) in [6.07, 6.45) is 11.1. The molecule has 20 heavy (non-hydrogen) atoms. The van der Waals surface area contributed by atoms with E-state index < -0.39 is 0 Å². The Bertz CT molecular complexity index is 404. The molecule has 4 nitrogen and oxygen atoms in total. The minimum absolute atomic E-state index is 0.179. The van der Waals surface area contributed by atoms with Crippen molar-refractivity contribution in [3.05, 3.63) is 18.2 Å². The van der Waals surface area contributed by atoms with Gasteiger partial charge in [0, 0.05) is 19.6 Å². The van der Waals surface area contributed by atoms with Crippen molar-refractivity contribution in [3.8, 4) is 0 Å². The fraction of sp³-hybridized carbons (Fsp3) is 0.812. The number of hydrogen-bond donors (Lipinski definition) is 1. The molecule has 1 saturated heterocycles. The van der Waals surface area contributed by atoms with Crippen LogP contribution in [0.4, 0.5) is 0 Å². The van der Waals surface area contributed by atoms with Crippen molar-refractivity contribution in [2.75, 3.05) is 19.7 Å². The molecule has 1 saturated carbocycles. The zero-order valence-electron chi connectivity index (χ0n) is 12.6. The molecule has 2 aliphatic rings.